The molecule has 0 spiro atoms. The Morgan fingerprint density at radius 3 is 3.00 bits per heavy atom. The molecule has 2 heterocycles. The number of rotatable bonds is 1. The van der Waals surface area contributed by atoms with Gasteiger partial charge < -0.3 is 0 Å². The molecule has 0 fully saturated rings. The molecule has 0 N–H and O–H groups in total. The second-order valence-electron chi connectivity index (χ2n) is 3.62. The summed E-state index contributed by atoms with van der Waals surface area (Å²) in [5.41, 5.74) is 1.44. The van der Waals surface area contributed by atoms with E-state index in [2.05, 4.69) is 36.2 Å². The molecule has 0 saturated carbocycles. The summed E-state index contributed by atoms with van der Waals surface area (Å²) < 4.78 is 2.70. The molecule has 0 atom stereocenters. The van der Waals surface area contributed by atoms with Crippen molar-refractivity contribution in [3.63, 3.8) is 0 Å². The van der Waals surface area contributed by atoms with Gasteiger partial charge in [0.25, 0.3) is 0 Å². The third-order valence-electron chi connectivity index (χ3n) is 2.76. The first-order valence-corrected chi connectivity index (χ1v) is 5.96. The fourth-order valence-electron chi connectivity index (χ4n) is 1.99. The van der Waals surface area contributed by atoms with Crippen molar-refractivity contribution in [3.8, 4) is 0 Å². The quantitative estimate of drug-likeness (QED) is 0.595. The van der Waals surface area contributed by atoms with E-state index in [0.29, 0.717) is 0 Å². The van der Waals surface area contributed by atoms with Crippen LogP contribution in [0.1, 0.15) is 12.5 Å². The van der Waals surface area contributed by atoms with Gasteiger partial charge >= 0.3 is 0 Å². The number of pyridine rings is 1. The number of aryl methyl sites for hydroxylation is 1. The average molecular weight is 213 g/mol. The molecule has 74 valence electrons. The van der Waals surface area contributed by atoms with Crippen LogP contribution in [0.5, 0.6) is 0 Å². The van der Waals surface area contributed by atoms with E-state index in [-0.39, 0.29) is 0 Å². The van der Waals surface area contributed by atoms with Crippen LogP contribution in [0.4, 0.5) is 0 Å². The number of benzene rings is 1. The van der Waals surface area contributed by atoms with Crippen molar-refractivity contribution in [2.24, 2.45) is 0 Å². The molecule has 0 amide bonds. The molecule has 3 aromatic rings. The molecular formula is C13H11NS. The van der Waals surface area contributed by atoms with Crippen LogP contribution >= 0.6 is 11.3 Å². The summed E-state index contributed by atoms with van der Waals surface area (Å²) in [6, 6.07) is 8.67. The third kappa shape index (κ3) is 1.25. The predicted molar refractivity (Wildman–Crippen MR) is 66.5 cm³/mol. The van der Waals surface area contributed by atoms with Gasteiger partial charge in [0.15, 0.2) is 0 Å². The van der Waals surface area contributed by atoms with Crippen LogP contribution in [0.3, 0.4) is 0 Å². The standard InChI is InChI=1S/C13H11NS/c1-2-9-4-3-5-11-10-6-7-14-8-12(10)15-13(9)11/h3-8H,2H2,1H3. The van der Waals surface area contributed by atoms with Crippen molar-refractivity contribution in [2.45, 2.75) is 13.3 Å². The van der Waals surface area contributed by atoms with Gasteiger partial charge in [0, 0.05) is 27.9 Å². The summed E-state index contributed by atoms with van der Waals surface area (Å²) in [4.78, 5) is 4.17. The molecule has 0 aliphatic heterocycles. The minimum Gasteiger partial charge on any atom is -0.263 e. The Morgan fingerprint density at radius 1 is 1.20 bits per heavy atom. The van der Waals surface area contributed by atoms with Gasteiger partial charge in [-0.2, -0.15) is 0 Å². The molecule has 0 radical (unpaired) electrons. The molecular weight excluding hydrogens is 202 g/mol. The van der Waals surface area contributed by atoms with Crippen molar-refractivity contribution in [1.29, 1.82) is 0 Å². The van der Waals surface area contributed by atoms with Crippen molar-refractivity contribution in [1.82, 2.24) is 4.98 Å². The SMILES string of the molecule is CCc1cccc2c1sc1cnccc12. The smallest absolute Gasteiger partial charge is 0.0538 e. The van der Waals surface area contributed by atoms with Crippen LogP contribution in [0.2, 0.25) is 0 Å². The number of thiophene rings is 1. The lowest BCUT2D eigenvalue weighted by molar-refractivity contribution is 1.16. The summed E-state index contributed by atoms with van der Waals surface area (Å²) in [7, 11) is 0. The van der Waals surface area contributed by atoms with Crippen LogP contribution in [0, 0.1) is 0 Å². The molecule has 3 rings (SSSR count). The lowest BCUT2D eigenvalue weighted by atomic mass is 10.1. The second kappa shape index (κ2) is 3.31. The Balaban J connectivity index is 2.53. The Morgan fingerprint density at radius 2 is 2.13 bits per heavy atom. The summed E-state index contributed by atoms with van der Waals surface area (Å²) >= 11 is 1.85. The van der Waals surface area contributed by atoms with Crippen LogP contribution in [-0.4, -0.2) is 4.98 Å². The van der Waals surface area contributed by atoms with Gasteiger partial charge in [-0.05, 0) is 18.1 Å². The minimum absolute atomic E-state index is 1.09. The van der Waals surface area contributed by atoms with E-state index in [9.17, 15) is 0 Å². The molecule has 0 bridgehead atoms. The first-order chi connectivity index (χ1) is 7.40. The fourth-order valence-corrected chi connectivity index (χ4v) is 3.24. The molecule has 0 unspecified atom stereocenters. The number of fused-ring (bicyclic) bond motifs is 3. The van der Waals surface area contributed by atoms with Gasteiger partial charge in [-0.3, -0.25) is 4.98 Å². The Labute approximate surface area is 92.4 Å². The normalized spacial score (nSPS) is 11.3. The summed E-state index contributed by atoms with van der Waals surface area (Å²) in [5, 5.41) is 2.71. The van der Waals surface area contributed by atoms with Crippen LogP contribution in [0.15, 0.2) is 36.7 Å². The molecule has 0 aliphatic rings. The highest BCUT2D eigenvalue weighted by molar-refractivity contribution is 7.26. The van der Waals surface area contributed by atoms with E-state index in [1.807, 2.05) is 23.7 Å². The minimum atomic E-state index is 1.09. The first-order valence-electron chi connectivity index (χ1n) is 5.14. The second-order valence-corrected chi connectivity index (χ2v) is 4.67. The Bertz CT molecular complexity index is 625. The number of aromatic nitrogens is 1. The highest BCUT2D eigenvalue weighted by atomic mass is 32.1. The summed E-state index contributed by atoms with van der Waals surface area (Å²) in [6.07, 6.45) is 4.92. The van der Waals surface area contributed by atoms with Crippen molar-refractivity contribution >= 4 is 31.5 Å². The monoisotopic (exact) mass is 213 g/mol. The molecule has 1 nitrogen and oxygen atoms in total. The lowest BCUT2D eigenvalue weighted by Gasteiger charge is -1.97. The van der Waals surface area contributed by atoms with E-state index >= 15 is 0 Å². The maximum atomic E-state index is 4.17. The molecule has 2 aromatic heterocycles. The van der Waals surface area contributed by atoms with Crippen molar-refractivity contribution < 1.29 is 0 Å². The van der Waals surface area contributed by atoms with E-state index in [0.717, 1.165) is 6.42 Å². The molecule has 15 heavy (non-hydrogen) atoms. The number of hydrogen-bond acceptors (Lipinski definition) is 2. The molecule has 0 aliphatic carbocycles. The first kappa shape index (κ1) is 8.86. The zero-order valence-electron chi connectivity index (χ0n) is 8.53. The third-order valence-corrected chi connectivity index (χ3v) is 4.00. The average Bonchev–Trinajstić information content (AvgIpc) is 2.67. The molecule has 2 heteroatoms. The van der Waals surface area contributed by atoms with Gasteiger partial charge in [-0.25, -0.2) is 0 Å². The number of nitrogens with zero attached hydrogens (tertiary/aromatic N) is 1. The van der Waals surface area contributed by atoms with Gasteiger partial charge in [0.05, 0.1) is 4.70 Å². The van der Waals surface area contributed by atoms with Crippen LogP contribution in [-0.2, 0) is 6.42 Å². The van der Waals surface area contributed by atoms with E-state index in [4.69, 9.17) is 0 Å². The summed E-state index contributed by atoms with van der Waals surface area (Å²) in [5.74, 6) is 0. The summed E-state index contributed by atoms with van der Waals surface area (Å²) in [6.45, 7) is 2.21. The van der Waals surface area contributed by atoms with Crippen molar-refractivity contribution in [2.75, 3.05) is 0 Å². The van der Waals surface area contributed by atoms with E-state index in [1.54, 1.807) is 0 Å². The maximum Gasteiger partial charge on any atom is 0.0538 e. The highest BCUT2D eigenvalue weighted by Gasteiger charge is 2.06. The van der Waals surface area contributed by atoms with Crippen LogP contribution in [0.25, 0.3) is 20.2 Å². The Kier molecular flexibility index (Phi) is 1.96. The van der Waals surface area contributed by atoms with Gasteiger partial charge in [0.1, 0.15) is 0 Å². The molecule has 0 saturated heterocycles. The zero-order chi connectivity index (χ0) is 10.3. The van der Waals surface area contributed by atoms with Gasteiger partial charge in [-0.15, -0.1) is 11.3 Å². The van der Waals surface area contributed by atoms with E-state index < -0.39 is 0 Å². The lowest BCUT2D eigenvalue weighted by Crippen LogP contribution is -1.77. The highest BCUT2D eigenvalue weighted by Crippen LogP contribution is 2.35. The zero-order valence-corrected chi connectivity index (χ0v) is 9.34. The van der Waals surface area contributed by atoms with Crippen molar-refractivity contribution in [3.05, 3.63) is 42.2 Å². The predicted octanol–water partition coefficient (Wildman–Crippen LogP) is 4.01. The largest absolute Gasteiger partial charge is 0.263 e. The van der Waals surface area contributed by atoms with Gasteiger partial charge in [0.2, 0.25) is 0 Å². The van der Waals surface area contributed by atoms with Crippen LogP contribution < -0.4 is 0 Å². The fraction of sp³-hybridized carbons (Fsp3) is 0.154. The van der Waals surface area contributed by atoms with Gasteiger partial charge in [-0.1, -0.05) is 25.1 Å². The number of hydrogen-bond donors (Lipinski definition) is 0. The maximum absolute atomic E-state index is 4.17. The Hall–Kier alpha value is -1.41. The topological polar surface area (TPSA) is 12.9 Å². The van der Waals surface area contributed by atoms with E-state index in [1.165, 1.54) is 25.7 Å². The molecule has 1 aromatic carbocycles.